The van der Waals surface area contributed by atoms with Crippen molar-refractivity contribution < 1.29 is 14.3 Å². The molecule has 1 unspecified atom stereocenters. The lowest BCUT2D eigenvalue weighted by Gasteiger charge is -2.15. The normalized spacial score (nSPS) is 12.6. The Hall–Kier alpha value is -2.11. The van der Waals surface area contributed by atoms with Gasteiger partial charge < -0.3 is 14.5 Å². The predicted octanol–water partition coefficient (Wildman–Crippen LogP) is 2.66. The van der Waals surface area contributed by atoms with Crippen LogP contribution in [0.15, 0.2) is 12.1 Å². The molecule has 1 atom stereocenters. The first-order valence-corrected chi connectivity index (χ1v) is 7.12. The summed E-state index contributed by atoms with van der Waals surface area (Å²) in [5.41, 5.74) is 1.33. The SMILES string of the molecule is CCOC(=O)C(CC(C)C)c1nc2nc(OC)ccc2[nH]1. The molecule has 2 heterocycles. The Morgan fingerprint density at radius 3 is 2.71 bits per heavy atom. The number of fused-ring (bicyclic) bond motifs is 1. The monoisotopic (exact) mass is 291 g/mol. The van der Waals surface area contributed by atoms with E-state index in [4.69, 9.17) is 9.47 Å². The molecule has 6 heteroatoms. The zero-order chi connectivity index (χ0) is 15.4. The van der Waals surface area contributed by atoms with Gasteiger partial charge >= 0.3 is 5.97 Å². The summed E-state index contributed by atoms with van der Waals surface area (Å²) in [6, 6.07) is 3.60. The molecule has 0 aliphatic rings. The molecular weight excluding hydrogens is 270 g/mol. The Morgan fingerprint density at radius 1 is 1.33 bits per heavy atom. The molecule has 2 rings (SSSR count). The number of aromatic amines is 1. The van der Waals surface area contributed by atoms with Gasteiger partial charge in [-0.3, -0.25) is 4.79 Å². The topological polar surface area (TPSA) is 77.1 Å². The zero-order valence-corrected chi connectivity index (χ0v) is 12.8. The van der Waals surface area contributed by atoms with Gasteiger partial charge in [-0.05, 0) is 25.3 Å². The van der Waals surface area contributed by atoms with E-state index in [0.29, 0.717) is 36.3 Å². The lowest BCUT2D eigenvalue weighted by atomic mass is 9.96. The Bertz CT molecular complexity index is 622. The quantitative estimate of drug-likeness (QED) is 0.828. The number of hydrogen-bond acceptors (Lipinski definition) is 5. The third-order valence-electron chi connectivity index (χ3n) is 3.16. The molecule has 0 aliphatic heterocycles. The predicted molar refractivity (Wildman–Crippen MR) is 79.3 cm³/mol. The standard InChI is InChI=1S/C15H21N3O3/c1-5-21-15(19)10(8-9(2)3)13-16-11-6-7-12(20-4)17-14(11)18-13/h6-7,9-10H,5,8H2,1-4H3,(H,16,17,18). The molecule has 0 amide bonds. The van der Waals surface area contributed by atoms with Gasteiger partial charge in [0.05, 0.1) is 19.2 Å². The van der Waals surface area contributed by atoms with Crippen molar-refractivity contribution in [2.24, 2.45) is 5.92 Å². The fraction of sp³-hybridized carbons (Fsp3) is 0.533. The van der Waals surface area contributed by atoms with E-state index in [-0.39, 0.29) is 5.97 Å². The summed E-state index contributed by atoms with van der Waals surface area (Å²) in [5.74, 6) is 0.799. The summed E-state index contributed by atoms with van der Waals surface area (Å²) >= 11 is 0. The molecule has 0 bridgehead atoms. The van der Waals surface area contributed by atoms with Crippen LogP contribution in [0, 0.1) is 5.92 Å². The number of hydrogen-bond donors (Lipinski definition) is 1. The largest absolute Gasteiger partial charge is 0.481 e. The van der Waals surface area contributed by atoms with Gasteiger partial charge in [-0.2, -0.15) is 4.98 Å². The Morgan fingerprint density at radius 2 is 2.10 bits per heavy atom. The number of carbonyl (C=O) groups is 1. The van der Waals surface area contributed by atoms with Crippen LogP contribution in [0.25, 0.3) is 11.2 Å². The number of H-pyrrole nitrogens is 1. The molecular formula is C15H21N3O3. The van der Waals surface area contributed by atoms with Gasteiger partial charge in [-0.15, -0.1) is 0 Å². The molecule has 0 saturated heterocycles. The lowest BCUT2D eigenvalue weighted by molar-refractivity contribution is -0.145. The maximum atomic E-state index is 12.2. The number of rotatable bonds is 6. The molecule has 0 spiro atoms. The van der Waals surface area contributed by atoms with Crippen molar-refractivity contribution in [3.8, 4) is 5.88 Å². The van der Waals surface area contributed by atoms with Crippen LogP contribution in [0.3, 0.4) is 0 Å². The number of ether oxygens (including phenoxy) is 2. The molecule has 0 aromatic carbocycles. The van der Waals surface area contributed by atoms with Gasteiger partial charge in [-0.25, -0.2) is 4.98 Å². The number of carbonyl (C=O) groups excluding carboxylic acids is 1. The summed E-state index contributed by atoms with van der Waals surface area (Å²) in [6.07, 6.45) is 0.676. The zero-order valence-electron chi connectivity index (χ0n) is 12.8. The van der Waals surface area contributed by atoms with Gasteiger partial charge in [-0.1, -0.05) is 13.8 Å². The van der Waals surface area contributed by atoms with E-state index < -0.39 is 5.92 Å². The number of imidazole rings is 1. The Balaban J connectivity index is 2.36. The van der Waals surface area contributed by atoms with Gasteiger partial charge in [0, 0.05) is 6.07 Å². The fourth-order valence-electron chi connectivity index (χ4n) is 2.21. The second-order valence-corrected chi connectivity index (χ2v) is 5.28. The van der Waals surface area contributed by atoms with Crippen LogP contribution in [0.1, 0.15) is 38.9 Å². The van der Waals surface area contributed by atoms with E-state index in [9.17, 15) is 4.79 Å². The first kappa shape index (κ1) is 15.3. The minimum atomic E-state index is -0.398. The average Bonchev–Trinajstić information content (AvgIpc) is 2.87. The first-order valence-electron chi connectivity index (χ1n) is 7.12. The summed E-state index contributed by atoms with van der Waals surface area (Å²) in [4.78, 5) is 24.0. The third kappa shape index (κ3) is 3.51. The van der Waals surface area contributed by atoms with E-state index in [2.05, 4.69) is 28.8 Å². The highest BCUT2D eigenvalue weighted by Crippen LogP contribution is 2.25. The number of pyridine rings is 1. The minimum absolute atomic E-state index is 0.253. The summed E-state index contributed by atoms with van der Waals surface area (Å²) in [7, 11) is 1.56. The van der Waals surface area contributed by atoms with E-state index in [1.807, 2.05) is 6.07 Å². The van der Waals surface area contributed by atoms with Crippen LogP contribution in [-0.2, 0) is 9.53 Å². The average molecular weight is 291 g/mol. The van der Waals surface area contributed by atoms with Crippen molar-refractivity contribution >= 4 is 17.1 Å². The van der Waals surface area contributed by atoms with Crippen LogP contribution < -0.4 is 4.74 Å². The van der Waals surface area contributed by atoms with E-state index in [0.717, 1.165) is 5.52 Å². The smallest absolute Gasteiger partial charge is 0.316 e. The summed E-state index contributed by atoms with van der Waals surface area (Å²) < 4.78 is 10.2. The second kappa shape index (κ2) is 6.56. The van der Waals surface area contributed by atoms with Crippen LogP contribution in [0.4, 0.5) is 0 Å². The van der Waals surface area contributed by atoms with Gasteiger partial charge in [0.1, 0.15) is 11.7 Å². The number of nitrogens with zero attached hydrogens (tertiary/aromatic N) is 2. The van der Waals surface area contributed by atoms with E-state index in [1.165, 1.54) is 0 Å². The molecule has 1 N–H and O–H groups in total. The summed E-state index contributed by atoms with van der Waals surface area (Å²) in [5, 5.41) is 0. The van der Waals surface area contributed by atoms with Gasteiger partial charge in [0.2, 0.25) is 5.88 Å². The molecule has 0 fully saturated rings. The Kier molecular flexibility index (Phi) is 4.77. The van der Waals surface area contributed by atoms with E-state index in [1.54, 1.807) is 20.1 Å². The highest BCUT2D eigenvalue weighted by atomic mass is 16.5. The van der Waals surface area contributed by atoms with Gasteiger partial charge in [0.25, 0.3) is 0 Å². The highest BCUT2D eigenvalue weighted by molar-refractivity contribution is 5.79. The molecule has 0 aliphatic carbocycles. The molecule has 2 aromatic rings. The van der Waals surface area contributed by atoms with Crippen molar-refractivity contribution in [3.05, 3.63) is 18.0 Å². The number of nitrogens with one attached hydrogen (secondary N) is 1. The first-order chi connectivity index (χ1) is 10.0. The third-order valence-corrected chi connectivity index (χ3v) is 3.16. The van der Waals surface area contributed by atoms with Crippen LogP contribution in [0.2, 0.25) is 0 Å². The number of methoxy groups -OCH3 is 1. The maximum Gasteiger partial charge on any atom is 0.316 e. The van der Waals surface area contributed by atoms with Crippen LogP contribution >= 0.6 is 0 Å². The van der Waals surface area contributed by atoms with Crippen molar-refractivity contribution in [1.82, 2.24) is 15.0 Å². The van der Waals surface area contributed by atoms with Gasteiger partial charge in [0.15, 0.2) is 5.65 Å². The second-order valence-electron chi connectivity index (χ2n) is 5.28. The molecule has 0 radical (unpaired) electrons. The molecule has 114 valence electrons. The summed E-state index contributed by atoms with van der Waals surface area (Å²) in [6.45, 7) is 6.29. The number of esters is 1. The van der Waals surface area contributed by atoms with Crippen molar-refractivity contribution in [3.63, 3.8) is 0 Å². The molecule has 2 aromatic heterocycles. The van der Waals surface area contributed by atoms with Crippen molar-refractivity contribution in [2.75, 3.05) is 13.7 Å². The van der Waals surface area contributed by atoms with Crippen molar-refractivity contribution in [2.45, 2.75) is 33.1 Å². The minimum Gasteiger partial charge on any atom is -0.481 e. The van der Waals surface area contributed by atoms with Crippen LogP contribution in [0.5, 0.6) is 5.88 Å². The maximum absolute atomic E-state index is 12.2. The fourth-order valence-corrected chi connectivity index (χ4v) is 2.21. The Labute approximate surface area is 123 Å². The number of aromatic nitrogens is 3. The van der Waals surface area contributed by atoms with Crippen molar-refractivity contribution in [1.29, 1.82) is 0 Å². The lowest BCUT2D eigenvalue weighted by Crippen LogP contribution is -2.19. The molecule has 0 saturated carbocycles. The molecule has 6 nitrogen and oxygen atoms in total. The highest BCUT2D eigenvalue weighted by Gasteiger charge is 2.26. The molecule has 21 heavy (non-hydrogen) atoms. The van der Waals surface area contributed by atoms with Crippen LogP contribution in [-0.4, -0.2) is 34.6 Å². The van der Waals surface area contributed by atoms with E-state index >= 15 is 0 Å².